The first kappa shape index (κ1) is 12.1. The maximum atomic E-state index is 9.87. The number of ether oxygens (including phenoxy) is 1. The van der Waals surface area contributed by atoms with E-state index < -0.39 is 6.10 Å². The average Bonchev–Trinajstić information content (AvgIpc) is 2.38. The van der Waals surface area contributed by atoms with Crippen molar-refractivity contribution in [2.75, 3.05) is 6.61 Å². The number of halogens is 1. The van der Waals surface area contributed by atoms with Gasteiger partial charge < -0.3 is 9.84 Å². The van der Waals surface area contributed by atoms with Crippen LogP contribution in [0.25, 0.3) is 0 Å². The van der Waals surface area contributed by atoms with Crippen molar-refractivity contribution in [3.05, 3.63) is 58.8 Å². The van der Waals surface area contributed by atoms with Crippen molar-refractivity contribution in [3.63, 3.8) is 0 Å². The highest BCUT2D eigenvalue weighted by Gasteiger charge is 2.10. The molecule has 17 heavy (non-hydrogen) atoms. The van der Waals surface area contributed by atoms with Crippen LogP contribution in [-0.2, 0) is 0 Å². The van der Waals surface area contributed by atoms with E-state index in [4.69, 9.17) is 4.74 Å². The van der Waals surface area contributed by atoms with Crippen molar-refractivity contribution in [1.82, 2.24) is 4.98 Å². The fourth-order valence-electron chi connectivity index (χ4n) is 1.39. The van der Waals surface area contributed by atoms with Crippen LogP contribution in [0.3, 0.4) is 0 Å². The van der Waals surface area contributed by atoms with Crippen LogP contribution in [0.2, 0.25) is 0 Å². The lowest BCUT2D eigenvalue weighted by Crippen LogP contribution is -2.11. The van der Waals surface area contributed by atoms with Gasteiger partial charge in [-0.25, -0.2) is 0 Å². The Morgan fingerprint density at radius 3 is 2.65 bits per heavy atom. The van der Waals surface area contributed by atoms with Gasteiger partial charge in [0.15, 0.2) is 0 Å². The third-order valence-electron chi connectivity index (χ3n) is 2.26. The van der Waals surface area contributed by atoms with E-state index in [1.165, 1.54) is 0 Å². The van der Waals surface area contributed by atoms with Crippen LogP contribution in [0.4, 0.5) is 0 Å². The number of hydrogen-bond donors (Lipinski definition) is 1. The van der Waals surface area contributed by atoms with E-state index in [2.05, 4.69) is 20.9 Å². The van der Waals surface area contributed by atoms with Gasteiger partial charge in [0.1, 0.15) is 18.5 Å². The molecular weight excluding hydrogens is 282 g/mol. The third-order valence-corrected chi connectivity index (χ3v) is 2.92. The van der Waals surface area contributed by atoms with Crippen LogP contribution in [0.15, 0.2) is 53.1 Å². The molecule has 0 radical (unpaired) electrons. The van der Waals surface area contributed by atoms with E-state index in [0.29, 0.717) is 11.4 Å². The molecule has 1 atom stereocenters. The summed E-state index contributed by atoms with van der Waals surface area (Å²) in [5, 5.41) is 9.87. The fraction of sp³-hybridized carbons (Fsp3) is 0.154. The molecule has 4 heteroatoms. The standard InChI is InChI=1S/C13H12BrNO2/c14-10-5-1-2-7-13(10)17-9-12(16)11-6-3-4-8-15-11/h1-8,12,16H,9H2. The summed E-state index contributed by atoms with van der Waals surface area (Å²) in [6, 6.07) is 12.9. The van der Waals surface area contributed by atoms with Gasteiger partial charge in [0.25, 0.3) is 0 Å². The number of benzene rings is 1. The minimum atomic E-state index is -0.719. The molecule has 1 N–H and O–H groups in total. The second kappa shape index (κ2) is 5.80. The van der Waals surface area contributed by atoms with Crippen LogP contribution in [0.1, 0.15) is 11.8 Å². The number of aromatic nitrogens is 1. The number of pyridine rings is 1. The topological polar surface area (TPSA) is 42.4 Å². The van der Waals surface area contributed by atoms with Crippen LogP contribution in [-0.4, -0.2) is 16.7 Å². The number of aliphatic hydroxyl groups is 1. The molecule has 2 aromatic rings. The summed E-state index contributed by atoms with van der Waals surface area (Å²) in [5.74, 6) is 0.711. The summed E-state index contributed by atoms with van der Waals surface area (Å²) in [7, 11) is 0. The Morgan fingerprint density at radius 2 is 1.94 bits per heavy atom. The van der Waals surface area contributed by atoms with Crippen molar-refractivity contribution >= 4 is 15.9 Å². The van der Waals surface area contributed by atoms with E-state index in [0.717, 1.165) is 4.47 Å². The molecule has 88 valence electrons. The zero-order chi connectivity index (χ0) is 12.1. The molecule has 1 aromatic heterocycles. The highest BCUT2D eigenvalue weighted by molar-refractivity contribution is 9.10. The molecule has 0 aliphatic carbocycles. The van der Waals surface area contributed by atoms with Gasteiger partial charge in [-0.05, 0) is 40.2 Å². The van der Waals surface area contributed by atoms with E-state index in [-0.39, 0.29) is 6.61 Å². The molecule has 0 saturated heterocycles. The van der Waals surface area contributed by atoms with E-state index in [9.17, 15) is 5.11 Å². The molecule has 2 rings (SSSR count). The van der Waals surface area contributed by atoms with Crippen molar-refractivity contribution in [3.8, 4) is 5.75 Å². The summed E-state index contributed by atoms with van der Waals surface area (Å²) in [6.45, 7) is 0.180. The lowest BCUT2D eigenvalue weighted by atomic mass is 10.2. The fourth-order valence-corrected chi connectivity index (χ4v) is 1.79. The maximum absolute atomic E-state index is 9.87. The van der Waals surface area contributed by atoms with Gasteiger partial charge in [0.05, 0.1) is 10.2 Å². The summed E-state index contributed by atoms with van der Waals surface area (Å²) in [4.78, 5) is 4.07. The molecule has 0 fully saturated rings. The first-order valence-electron chi connectivity index (χ1n) is 5.23. The summed E-state index contributed by atoms with van der Waals surface area (Å²) < 4.78 is 6.38. The smallest absolute Gasteiger partial charge is 0.133 e. The first-order valence-corrected chi connectivity index (χ1v) is 6.03. The molecule has 0 amide bonds. The van der Waals surface area contributed by atoms with Gasteiger partial charge in [-0.15, -0.1) is 0 Å². The molecule has 0 aliphatic rings. The molecule has 0 aliphatic heterocycles. The van der Waals surface area contributed by atoms with Gasteiger partial charge >= 0.3 is 0 Å². The highest BCUT2D eigenvalue weighted by Crippen LogP contribution is 2.24. The molecule has 3 nitrogen and oxygen atoms in total. The van der Waals surface area contributed by atoms with E-state index in [1.54, 1.807) is 12.3 Å². The Balaban J connectivity index is 1.97. The largest absolute Gasteiger partial charge is 0.489 e. The molecule has 1 heterocycles. The second-order valence-electron chi connectivity index (χ2n) is 3.51. The van der Waals surface area contributed by atoms with Gasteiger partial charge in [-0.1, -0.05) is 18.2 Å². The lowest BCUT2D eigenvalue weighted by molar-refractivity contribution is 0.104. The Kier molecular flexibility index (Phi) is 4.12. The predicted molar refractivity (Wildman–Crippen MR) is 68.8 cm³/mol. The van der Waals surface area contributed by atoms with Crippen LogP contribution >= 0.6 is 15.9 Å². The maximum Gasteiger partial charge on any atom is 0.133 e. The quantitative estimate of drug-likeness (QED) is 0.942. The Hall–Kier alpha value is -1.39. The number of aliphatic hydroxyl groups excluding tert-OH is 1. The number of hydrogen-bond acceptors (Lipinski definition) is 3. The van der Waals surface area contributed by atoms with Crippen molar-refractivity contribution < 1.29 is 9.84 Å². The molecule has 0 saturated carbocycles. The Bertz CT molecular complexity index is 476. The van der Waals surface area contributed by atoms with E-state index >= 15 is 0 Å². The number of rotatable bonds is 4. The summed E-state index contributed by atoms with van der Waals surface area (Å²) >= 11 is 3.38. The highest BCUT2D eigenvalue weighted by atomic mass is 79.9. The number of nitrogens with zero attached hydrogens (tertiary/aromatic N) is 1. The van der Waals surface area contributed by atoms with Gasteiger partial charge in [0.2, 0.25) is 0 Å². The minimum absolute atomic E-state index is 0.180. The molecule has 0 bridgehead atoms. The van der Waals surface area contributed by atoms with Gasteiger partial charge in [-0.3, -0.25) is 4.98 Å². The predicted octanol–water partition coefficient (Wildman–Crippen LogP) is 2.96. The SMILES string of the molecule is OC(COc1ccccc1Br)c1ccccn1. The van der Waals surface area contributed by atoms with Crippen molar-refractivity contribution in [2.45, 2.75) is 6.10 Å². The molecule has 1 aromatic carbocycles. The average molecular weight is 294 g/mol. The zero-order valence-corrected chi connectivity index (χ0v) is 10.7. The lowest BCUT2D eigenvalue weighted by Gasteiger charge is -2.12. The zero-order valence-electron chi connectivity index (χ0n) is 9.08. The summed E-state index contributed by atoms with van der Waals surface area (Å²) in [5.41, 5.74) is 0.611. The van der Waals surface area contributed by atoms with Crippen molar-refractivity contribution in [2.24, 2.45) is 0 Å². The first-order chi connectivity index (χ1) is 8.27. The second-order valence-corrected chi connectivity index (χ2v) is 4.37. The normalized spacial score (nSPS) is 12.1. The Labute approximate surface area is 108 Å². The van der Waals surface area contributed by atoms with Gasteiger partial charge in [-0.2, -0.15) is 0 Å². The monoisotopic (exact) mass is 293 g/mol. The van der Waals surface area contributed by atoms with Gasteiger partial charge in [0, 0.05) is 6.20 Å². The molecule has 0 spiro atoms. The third kappa shape index (κ3) is 3.28. The summed E-state index contributed by atoms with van der Waals surface area (Å²) in [6.07, 6.45) is 0.931. The van der Waals surface area contributed by atoms with Crippen LogP contribution < -0.4 is 4.74 Å². The van der Waals surface area contributed by atoms with Crippen LogP contribution in [0.5, 0.6) is 5.75 Å². The minimum Gasteiger partial charge on any atom is -0.489 e. The molecular formula is C13H12BrNO2. The Morgan fingerprint density at radius 1 is 1.18 bits per heavy atom. The van der Waals surface area contributed by atoms with E-state index in [1.807, 2.05) is 36.4 Å². The van der Waals surface area contributed by atoms with Crippen LogP contribution in [0, 0.1) is 0 Å². The molecule has 1 unspecified atom stereocenters. The number of para-hydroxylation sites is 1. The van der Waals surface area contributed by atoms with Crippen molar-refractivity contribution in [1.29, 1.82) is 0 Å².